The summed E-state index contributed by atoms with van der Waals surface area (Å²) in [4.78, 5) is 0. The molecule has 0 aliphatic carbocycles. The Balaban J connectivity index is 1.61. The number of phenolic OH excluding ortho intramolecular Hbond substituents is 12. The second-order valence-corrected chi connectivity index (χ2v) is 13.0. The van der Waals surface area contributed by atoms with Crippen LogP contribution in [0.3, 0.4) is 0 Å². The van der Waals surface area contributed by atoms with Gasteiger partial charge in [0.05, 0.1) is 0 Å². The molecule has 0 radical (unpaired) electrons. The number of hydrogen-bond donors (Lipinski definition) is 12. The molecule has 13 nitrogen and oxygen atoms in total. The SMILES string of the molecule is Oc1c(O)c(O)c(-c2cccc3oc4ccccc4c23)c(-c2c3c(O)c(O)c(O)c(O)c3c(-c3ccc4ccccc4c3)c3c(O)c(O)c(O)c(O)c23)c1O. The van der Waals surface area contributed by atoms with Crippen LogP contribution in [-0.2, 0) is 0 Å². The molecule has 55 heavy (non-hydrogen) atoms. The van der Waals surface area contributed by atoms with E-state index in [1.807, 2.05) is 0 Å². The number of benzene rings is 8. The number of rotatable bonds is 3. The van der Waals surface area contributed by atoms with Crippen LogP contribution in [0.1, 0.15) is 0 Å². The molecule has 1 aromatic heterocycles. The molecule has 0 saturated carbocycles. The summed E-state index contributed by atoms with van der Waals surface area (Å²) in [5.74, 6) is -14.2. The highest BCUT2D eigenvalue weighted by atomic mass is 16.4. The monoisotopic (exact) mass is 738 g/mol. The molecule has 0 saturated heterocycles. The lowest BCUT2D eigenvalue weighted by Gasteiger charge is -2.25. The van der Waals surface area contributed by atoms with Gasteiger partial charge in [-0.3, -0.25) is 0 Å². The largest absolute Gasteiger partial charge is 0.504 e. The van der Waals surface area contributed by atoms with Crippen molar-refractivity contribution in [2.24, 2.45) is 0 Å². The smallest absolute Gasteiger partial charge is 0.204 e. The average molecular weight is 739 g/mol. The Kier molecular flexibility index (Phi) is 6.69. The van der Waals surface area contributed by atoms with Gasteiger partial charge in [-0.25, -0.2) is 0 Å². The van der Waals surface area contributed by atoms with Crippen molar-refractivity contribution in [3.05, 3.63) is 84.9 Å². The van der Waals surface area contributed by atoms with Crippen LogP contribution < -0.4 is 0 Å². The summed E-state index contributed by atoms with van der Waals surface area (Å²) < 4.78 is 6.02. The first-order chi connectivity index (χ1) is 26.3. The molecule has 272 valence electrons. The van der Waals surface area contributed by atoms with Crippen LogP contribution in [0.25, 0.3) is 87.6 Å². The van der Waals surface area contributed by atoms with Crippen molar-refractivity contribution in [3.63, 3.8) is 0 Å². The van der Waals surface area contributed by atoms with Crippen molar-refractivity contribution in [3.8, 4) is 102 Å². The zero-order valence-electron chi connectivity index (χ0n) is 27.9. The van der Waals surface area contributed by atoms with Crippen LogP contribution in [0, 0.1) is 0 Å². The summed E-state index contributed by atoms with van der Waals surface area (Å²) >= 11 is 0. The van der Waals surface area contributed by atoms with Crippen LogP contribution in [0.4, 0.5) is 0 Å². The van der Waals surface area contributed by atoms with E-state index >= 15 is 0 Å². The Bertz CT molecular complexity index is 3100. The molecule has 0 spiro atoms. The molecular formula is C42H26O13. The van der Waals surface area contributed by atoms with E-state index in [2.05, 4.69) is 0 Å². The third-order valence-corrected chi connectivity index (χ3v) is 10.1. The highest BCUT2D eigenvalue weighted by Gasteiger charge is 2.36. The second kappa shape index (κ2) is 11.2. The van der Waals surface area contributed by atoms with Crippen molar-refractivity contribution < 1.29 is 65.7 Å². The summed E-state index contributed by atoms with van der Waals surface area (Å²) in [6.07, 6.45) is 0. The van der Waals surface area contributed by atoms with Crippen molar-refractivity contribution in [2.75, 3.05) is 0 Å². The van der Waals surface area contributed by atoms with Gasteiger partial charge in [-0.15, -0.1) is 0 Å². The molecule has 8 aromatic carbocycles. The van der Waals surface area contributed by atoms with Crippen LogP contribution in [0.15, 0.2) is 89.3 Å². The maximum absolute atomic E-state index is 11.9. The summed E-state index contributed by atoms with van der Waals surface area (Å²) in [5.41, 5.74) is -1.24. The van der Waals surface area contributed by atoms with E-state index in [-0.39, 0.29) is 22.3 Å². The fourth-order valence-corrected chi connectivity index (χ4v) is 7.69. The van der Waals surface area contributed by atoms with E-state index in [1.165, 1.54) is 18.2 Å². The summed E-state index contributed by atoms with van der Waals surface area (Å²) in [7, 11) is 0. The fourth-order valence-electron chi connectivity index (χ4n) is 7.69. The number of fused-ring (bicyclic) bond motifs is 6. The molecule has 0 bridgehead atoms. The number of phenols is 12. The standard InChI is InChI=1S/C42H26O13/c43-31-24(19-9-5-11-21-23(19)18-8-3-4-10-20(18)55-21)28(34(46)40(52)37(31)49)25-29-26(32(44)38(50)41(53)35(29)47)22(17-13-12-15-6-1-2-7-16(15)14-17)27-30(25)36(48)42(54)39(51)33(27)45/h1-14,43-54H. The molecule has 9 rings (SSSR count). The van der Waals surface area contributed by atoms with E-state index in [4.69, 9.17) is 4.42 Å². The maximum Gasteiger partial charge on any atom is 0.204 e. The quantitative estimate of drug-likeness (QED) is 0.0462. The Morgan fingerprint density at radius 2 is 0.782 bits per heavy atom. The van der Waals surface area contributed by atoms with Crippen molar-refractivity contribution >= 4 is 54.3 Å². The molecule has 0 amide bonds. The molecule has 13 heteroatoms. The van der Waals surface area contributed by atoms with Gasteiger partial charge in [-0.2, -0.15) is 0 Å². The average Bonchev–Trinajstić information content (AvgIpc) is 3.59. The normalized spacial score (nSPS) is 11.8. The molecule has 0 unspecified atom stereocenters. The molecule has 0 atom stereocenters. The number of hydrogen-bond acceptors (Lipinski definition) is 13. The van der Waals surface area contributed by atoms with Crippen molar-refractivity contribution in [2.45, 2.75) is 0 Å². The predicted molar refractivity (Wildman–Crippen MR) is 203 cm³/mol. The summed E-state index contributed by atoms with van der Waals surface area (Å²) in [5, 5.41) is 136. The molecule has 9 aromatic rings. The van der Waals surface area contributed by atoms with Crippen LogP contribution in [0.5, 0.6) is 69.0 Å². The maximum atomic E-state index is 11.9. The third-order valence-electron chi connectivity index (χ3n) is 10.1. The number of para-hydroxylation sites is 1. The number of furan rings is 1. The van der Waals surface area contributed by atoms with Gasteiger partial charge in [0.25, 0.3) is 0 Å². The van der Waals surface area contributed by atoms with Crippen LogP contribution in [0.2, 0.25) is 0 Å². The van der Waals surface area contributed by atoms with E-state index in [1.54, 1.807) is 66.7 Å². The molecule has 0 fully saturated rings. The van der Waals surface area contributed by atoms with Gasteiger partial charge in [0.1, 0.15) is 11.2 Å². The molecular weight excluding hydrogens is 712 g/mol. The topological polar surface area (TPSA) is 256 Å². The second-order valence-electron chi connectivity index (χ2n) is 13.0. The lowest BCUT2D eigenvalue weighted by molar-refractivity contribution is 0.347. The highest BCUT2D eigenvalue weighted by Crippen LogP contribution is 2.65. The van der Waals surface area contributed by atoms with Crippen LogP contribution in [-0.4, -0.2) is 61.3 Å². The third kappa shape index (κ3) is 4.22. The molecule has 0 aliphatic heterocycles. The minimum absolute atomic E-state index is 0.0406. The first-order valence-electron chi connectivity index (χ1n) is 16.5. The van der Waals surface area contributed by atoms with E-state index in [9.17, 15) is 61.3 Å². The molecule has 0 aliphatic rings. The predicted octanol–water partition coefficient (Wildman–Crippen LogP) is 8.51. The molecule has 1 heterocycles. The van der Waals surface area contributed by atoms with Crippen molar-refractivity contribution in [1.82, 2.24) is 0 Å². The van der Waals surface area contributed by atoms with Gasteiger partial charge in [-0.05, 0) is 40.1 Å². The van der Waals surface area contributed by atoms with Gasteiger partial charge in [0.2, 0.25) is 34.5 Å². The summed E-state index contributed by atoms with van der Waals surface area (Å²) in [6.45, 7) is 0. The Morgan fingerprint density at radius 3 is 1.38 bits per heavy atom. The first-order valence-corrected chi connectivity index (χ1v) is 16.5. The first kappa shape index (κ1) is 32.8. The lowest BCUT2D eigenvalue weighted by atomic mass is 9.80. The van der Waals surface area contributed by atoms with Gasteiger partial charge < -0.3 is 65.7 Å². The van der Waals surface area contributed by atoms with Gasteiger partial charge in [0.15, 0.2) is 34.5 Å². The summed E-state index contributed by atoms with van der Waals surface area (Å²) in [6, 6.07) is 23.2. The zero-order valence-corrected chi connectivity index (χ0v) is 27.9. The van der Waals surface area contributed by atoms with Gasteiger partial charge in [0, 0.05) is 54.6 Å². The van der Waals surface area contributed by atoms with Gasteiger partial charge in [-0.1, -0.05) is 66.7 Å². The van der Waals surface area contributed by atoms with E-state index in [0.29, 0.717) is 21.7 Å². The van der Waals surface area contributed by atoms with E-state index in [0.717, 1.165) is 5.39 Å². The van der Waals surface area contributed by atoms with Crippen molar-refractivity contribution in [1.29, 1.82) is 0 Å². The van der Waals surface area contributed by atoms with Gasteiger partial charge >= 0.3 is 0 Å². The van der Waals surface area contributed by atoms with Crippen LogP contribution >= 0.6 is 0 Å². The zero-order chi connectivity index (χ0) is 38.8. The Morgan fingerprint density at radius 1 is 0.309 bits per heavy atom. The minimum atomic E-state index is -1.29. The number of aromatic hydroxyl groups is 12. The minimum Gasteiger partial charge on any atom is -0.504 e. The highest BCUT2D eigenvalue weighted by molar-refractivity contribution is 6.31. The fraction of sp³-hybridized carbons (Fsp3) is 0. The van der Waals surface area contributed by atoms with E-state index < -0.39 is 107 Å². The Labute approximate surface area is 306 Å². The Hall–Kier alpha value is -8.06. The lowest BCUT2D eigenvalue weighted by Crippen LogP contribution is -1.97. The molecule has 12 N–H and O–H groups in total.